The molecular weight excluding hydrogens is 448 g/mol. The van der Waals surface area contributed by atoms with Gasteiger partial charge in [-0.1, -0.05) is 48.5 Å². The molecule has 8 nitrogen and oxygen atoms in total. The fourth-order valence-corrected chi connectivity index (χ4v) is 6.09. The number of fused-ring (bicyclic) bond motifs is 6. The molecule has 0 atom stereocenters. The van der Waals surface area contributed by atoms with Gasteiger partial charge in [-0.3, -0.25) is 9.63 Å². The summed E-state index contributed by atoms with van der Waals surface area (Å²) in [6.45, 7) is -0.282. The van der Waals surface area contributed by atoms with Gasteiger partial charge in [-0.25, -0.2) is 14.7 Å². The lowest BCUT2D eigenvalue weighted by molar-refractivity contribution is -0.199. The van der Waals surface area contributed by atoms with Crippen LogP contribution in [-0.4, -0.2) is 53.9 Å². The Kier molecular flexibility index (Phi) is 6.01. The first-order valence-electron chi connectivity index (χ1n) is 12.1. The second kappa shape index (κ2) is 9.00. The predicted octanol–water partition coefficient (Wildman–Crippen LogP) is 4.09. The molecule has 4 aliphatic carbocycles. The third-order valence-corrected chi connectivity index (χ3v) is 8.08. The molecule has 3 saturated carbocycles. The topological polar surface area (TPSA) is 105 Å². The number of ether oxygens (including phenoxy) is 1. The molecular formula is C27H30N2O6. The zero-order valence-electron chi connectivity index (χ0n) is 19.8. The molecule has 0 spiro atoms. The van der Waals surface area contributed by atoms with Crippen molar-refractivity contribution in [3.63, 3.8) is 0 Å². The molecule has 3 fully saturated rings. The number of amides is 2. The summed E-state index contributed by atoms with van der Waals surface area (Å²) in [5.41, 5.74) is 3.80. The molecule has 0 aliphatic heterocycles. The van der Waals surface area contributed by atoms with Gasteiger partial charge in [0.25, 0.3) is 5.91 Å². The summed E-state index contributed by atoms with van der Waals surface area (Å²) >= 11 is 0. The van der Waals surface area contributed by atoms with Crippen LogP contribution in [0.4, 0.5) is 4.79 Å². The highest BCUT2D eigenvalue weighted by Gasteiger charge is 2.54. The van der Waals surface area contributed by atoms with E-state index in [1.165, 1.54) is 29.3 Å². The third kappa shape index (κ3) is 4.27. The van der Waals surface area contributed by atoms with Gasteiger partial charge in [0.05, 0.1) is 5.41 Å². The minimum Gasteiger partial charge on any atom is -0.479 e. The smallest absolute Gasteiger partial charge is 0.407 e. The van der Waals surface area contributed by atoms with Gasteiger partial charge in [-0.2, -0.15) is 0 Å². The molecule has 2 N–H and O–H groups in total. The van der Waals surface area contributed by atoms with Crippen LogP contribution in [0.3, 0.4) is 0 Å². The molecule has 4 aliphatic rings. The van der Waals surface area contributed by atoms with Crippen LogP contribution in [0.1, 0.15) is 55.6 Å². The molecule has 8 heteroatoms. The minimum absolute atomic E-state index is 0.00923. The van der Waals surface area contributed by atoms with Crippen LogP contribution in [0.2, 0.25) is 0 Å². The zero-order valence-corrected chi connectivity index (χ0v) is 19.8. The molecule has 184 valence electrons. The van der Waals surface area contributed by atoms with Crippen LogP contribution in [-0.2, 0) is 19.2 Å². The van der Waals surface area contributed by atoms with E-state index in [9.17, 15) is 14.4 Å². The maximum atomic E-state index is 13.0. The maximum absolute atomic E-state index is 13.0. The lowest BCUT2D eigenvalue weighted by atomic mass is 9.57. The highest BCUT2D eigenvalue weighted by molar-refractivity contribution is 5.83. The summed E-state index contributed by atoms with van der Waals surface area (Å²) in [6.07, 6.45) is 3.47. The summed E-state index contributed by atoms with van der Waals surface area (Å²) in [7, 11) is 1.46. The van der Waals surface area contributed by atoms with Crippen molar-refractivity contribution in [2.24, 2.45) is 5.41 Å². The van der Waals surface area contributed by atoms with Crippen LogP contribution < -0.4 is 5.32 Å². The van der Waals surface area contributed by atoms with Gasteiger partial charge in [0.2, 0.25) is 0 Å². The summed E-state index contributed by atoms with van der Waals surface area (Å²) in [6, 6.07) is 16.5. The van der Waals surface area contributed by atoms with Gasteiger partial charge in [0, 0.05) is 18.5 Å². The Morgan fingerprint density at radius 1 is 0.943 bits per heavy atom. The lowest BCUT2D eigenvalue weighted by Crippen LogP contribution is -2.60. The molecule has 0 unspecified atom stereocenters. The fourth-order valence-electron chi connectivity index (χ4n) is 6.09. The second-order valence-corrected chi connectivity index (χ2v) is 9.98. The Morgan fingerprint density at radius 3 is 2.03 bits per heavy atom. The van der Waals surface area contributed by atoms with Crippen LogP contribution in [0.25, 0.3) is 11.1 Å². The van der Waals surface area contributed by atoms with E-state index in [2.05, 4.69) is 29.6 Å². The van der Waals surface area contributed by atoms with Crippen molar-refractivity contribution < 1.29 is 29.1 Å². The molecule has 0 saturated heterocycles. The lowest BCUT2D eigenvalue weighted by Gasteiger charge is -2.52. The number of carbonyl (C=O) groups is 3. The highest BCUT2D eigenvalue weighted by atomic mass is 16.7. The Bertz CT molecular complexity index is 1090. The number of hydrogen-bond acceptors (Lipinski definition) is 5. The van der Waals surface area contributed by atoms with Crippen LogP contribution >= 0.6 is 0 Å². The second-order valence-electron chi connectivity index (χ2n) is 9.98. The number of carbonyl (C=O) groups excluding carboxylic acids is 2. The van der Waals surface area contributed by atoms with E-state index < -0.39 is 24.1 Å². The number of nitrogens with one attached hydrogen (secondary N) is 1. The zero-order chi connectivity index (χ0) is 24.6. The molecule has 35 heavy (non-hydrogen) atoms. The number of aliphatic carboxylic acids is 1. The molecule has 2 aromatic carbocycles. The standard InChI is InChI=1S/C27H30N2O6/c1-29(35-17-23(30)31)24(32)26-10-13-27(14-11-26,15-12-26)28-25(33)34-16-22-20-8-4-2-6-18(20)19-7-3-5-9-21(19)22/h2-9,22H,10-17H2,1H3,(H,28,33)(H,30,31). The number of carboxylic acids is 1. The molecule has 6 rings (SSSR count). The monoisotopic (exact) mass is 478 g/mol. The SMILES string of the molecule is CN(OCC(=O)O)C(=O)C12CCC(NC(=O)OCC3c4ccccc4-c4ccccc43)(CC1)CC2. The van der Waals surface area contributed by atoms with Gasteiger partial charge < -0.3 is 15.2 Å². The number of benzene rings is 2. The molecule has 0 radical (unpaired) electrons. The van der Waals surface area contributed by atoms with Crippen LogP contribution in [0.5, 0.6) is 0 Å². The number of alkyl carbamates (subject to hydrolysis) is 1. The molecule has 2 bridgehead atoms. The minimum atomic E-state index is -1.12. The first kappa shape index (κ1) is 23.4. The summed E-state index contributed by atoms with van der Waals surface area (Å²) in [4.78, 5) is 41.6. The van der Waals surface area contributed by atoms with Crippen molar-refractivity contribution >= 4 is 18.0 Å². The molecule has 2 amide bonds. The summed E-state index contributed by atoms with van der Waals surface area (Å²) < 4.78 is 5.75. The van der Waals surface area contributed by atoms with E-state index >= 15 is 0 Å². The Hall–Kier alpha value is -3.39. The number of carboxylic acid groups (broad SMARTS) is 1. The Morgan fingerprint density at radius 2 is 1.49 bits per heavy atom. The fraction of sp³-hybridized carbons (Fsp3) is 0.444. The maximum Gasteiger partial charge on any atom is 0.407 e. The normalized spacial score (nSPS) is 24.4. The van der Waals surface area contributed by atoms with Crippen molar-refractivity contribution in [1.82, 2.24) is 10.4 Å². The van der Waals surface area contributed by atoms with Crippen molar-refractivity contribution in [2.45, 2.75) is 50.0 Å². The highest BCUT2D eigenvalue weighted by Crippen LogP contribution is 2.53. The van der Waals surface area contributed by atoms with Gasteiger partial charge in [-0.05, 0) is 60.8 Å². The first-order valence-corrected chi connectivity index (χ1v) is 12.1. The molecule has 0 aromatic heterocycles. The number of hydroxylamine groups is 2. The van der Waals surface area contributed by atoms with Gasteiger partial charge >= 0.3 is 12.1 Å². The van der Waals surface area contributed by atoms with Crippen molar-refractivity contribution in [3.05, 3.63) is 59.7 Å². The van der Waals surface area contributed by atoms with E-state index in [-0.39, 0.29) is 24.0 Å². The average Bonchev–Trinajstić information content (AvgIpc) is 3.20. The van der Waals surface area contributed by atoms with Gasteiger partial charge in [0.15, 0.2) is 6.61 Å². The van der Waals surface area contributed by atoms with Crippen molar-refractivity contribution in [1.29, 1.82) is 0 Å². The first-order chi connectivity index (χ1) is 16.8. The van der Waals surface area contributed by atoms with Crippen LogP contribution in [0, 0.1) is 5.41 Å². The van der Waals surface area contributed by atoms with Gasteiger partial charge in [-0.15, -0.1) is 0 Å². The quantitative estimate of drug-likeness (QED) is 0.581. The summed E-state index contributed by atoms with van der Waals surface area (Å²) in [5.74, 6) is -1.30. The van der Waals surface area contributed by atoms with Gasteiger partial charge in [0.1, 0.15) is 6.61 Å². The van der Waals surface area contributed by atoms with Crippen molar-refractivity contribution in [2.75, 3.05) is 20.3 Å². The van der Waals surface area contributed by atoms with E-state index in [0.717, 1.165) is 5.06 Å². The van der Waals surface area contributed by atoms with E-state index in [1.807, 2.05) is 24.3 Å². The predicted molar refractivity (Wildman–Crippen MR) is 127 cm³/mol. The van der Waals surface area contributed by atoms with E-state index in [1.54, 1.807) is 0 Å². The summed E-state index contributed by atoms with van der Waals surface area (Å²) in [5, 5.41) is 13.0. The largest absolute Gasteiger partial charge is 0.479 e. The average molecular weight is 479 g/mol. The third-order valence-electron chi connectivity index (χ3n) is 8.08. The Balaban J connectivity index is 1.18. The number of nitrogens with zero attached hydrogens (tertiary/aromatic N) is 1. The number of hydrogen-bond donors (Lipinski definition) is 2. The molecule has 2 aromatic rings. The van der Waals surface area contributed by atoms with Crippen molar-refractivity contribution in [3.8, 4) is 11.1 Å². The van der Waals surface area contributed by atoms with Crippen LogP contribution in [0.15, 0.2) is 48.5 Å². The van der Waals surface area contributed by atoms with E-state index in [0.29, 0.717) is 38.5 Å². The van der Waals surface area contributed by atoms with E-state index in [4.69, 9.17) is 14.7 Å². The number of rotatable bonds is 7. The molecule has 0 heterocycles. The Labute approximate surface area is 204 Å².